The molecule has 102 valence electrons. The van der Waals surface area contributed by atoms with Gasteiger partial charge in [0, 0.05) is 25.3 Å². The molecule has 0 bridgehead atoms. The molecule has 1 aromatic rings. The van der Waals surface area contributed by atoms with Crippen LogP contribution in [0.3, 0.4) is 0 Å². The third-order valence-electron chi connectivity index (χ3n) is 3.02. The summed E-state index contributed by atoms with van der Waals surface area (Å²) in [6.45, 7) is 13.2. The van der Waals surface area contributed by atoms with Crippen molar-refractivity contribution in [2.45, 2.75) is 40.7 Å². The molecule has 2 nitrogen and oxygen atoms in total. The molecule has 1 aromatic carbocycles. The molecule has 0 fully saturated rings. The minimum atomic E-state index is 0.704. The fourth-order valence-electron chi connectivity index (χ4n) is 2.09. The van der Waals surface area contributed by atoms with Crippen molar-refractivity contribution >= 4 is 5.69 Å². The molecule has 2 heteroatoms. The van der Waals surface area contributed by atoms with Crippen molar-refractivity contribution in [3.8, 4) is 0 Å². The largest absolute Gasteiger partial charge is 0.372 e. The quantitative estimate of drug-likeness (QED) is 0.706. The fourth-order valence-corrected chi connectivity index (χ4v) is 2.09. The fraction of sp³-hybridized carbons (Fsp3) is 0.625. The summed E-state index contributed by atoms with van der Waals surface area (Å²) < 4.78 is 0. The van der Waals surface area contributed by atoms with Crippen LogP contribution in [0.1, 0.15) is 39.7 Å². The zero-order valence-corrected chi connectivity index (χ0v) is 12.4. The Morgan fingerprint density at radius 3 is 2.28 bits per heavy atom. The van der Waals surface area contributed by atoms with Gasteiger partial charge in [-0.3, -0.25) is 0 Å². The van der Waals surface area contributed by atoms with Gasteiger partial charge in [0.1, 0.15) is 0 Å². The number of rotatable bonds is 8. The number of benzene rings is 1. The highest BCUT2D eigenvalue weighted by molar-refractivity contribution is 5.47. The van der Waals surface area contributed by atoms with Gasteiger partial charge < -0.3 is 10.2 Å². The lowest BCUT2D eigenvalue weighted by atomic mass is 10.1. The smallest absolute Gasteiger partial charge is 0.0366 e. The first-order chi connectivity index (χ1) is 8.67. The Labute approximate surface area is 112 Å². The Morgan fingerprint density at radius 1 is 1.11 bits per heavy atom. The van der Waals surface area contributed by atoms with E-state index in [-0.39, 0.29) is 0 Å². The minimum Gasteiger partial charge on any atom is -0.372 e. The predicted molar refractivity (Wildman–Crippen MR) is 81.2 cm³/mol. The number of hydrogen-bond donors (Lipinski definition) is 1. The maximum absolute atomic E-state index is 3.43. The lowest BCUT2D eigenvalue weighted by molar-refractivity contribution is 0.618. The van der Waals surface area contributed by atoms with Crippen LogP contribution in [0.25, 0.3) is 0 Å². The minimum absolute atomic E-state index is 0.704. The standard InChI is InChI=1S/C16H28N2/c1-5-11-17-12-15-7-9-16(10-8-15)18(6-2)13-14(3)4/h7-10,14,17H,5-6,11-13H2,1-4H3. The second-order valence-electron chi connectivity index (χ2n) is 5.28. The number of nitrogens with zero attached hydrogens (tertiary/aromatic N) is 1. The van der Waals surface area contributed by atoms with Gasteiger partial charge >= 0.3 is 0 Å². The highest BCUT2D eigenvalue weighted by Gasteiger charge is 2.06. The van der Waals surface area contributed by atoms with E-state index in [1.165, 1.54) is 17.7 Å². The first kappa shape index (κ1) is 15.0. The first-order valence-electron chi connectivity index (χ1n) is 7.22. The topological polar surface area (TPSA) is 15.3 Å². The van der Waals surface area contributed by atoms with E-state index in [2.05, 4.69) is 62.2 Å². The summed E-state index contributed by atoms with van der Waals surface area (Å²) in [4.78, 5) is 2.44. The van der Waals surface area contributed by atoms with Crippen LogP contribution in [0.5, 0.6) is 0 Å². The van der Waals surface area contributed by atoms with Crippen molar-refractivity contribution in [2.24, 2.45) is 5.92 Å². The van der Waals surface area contributed by atoms with Crippen molar-refractivity contribution in [1.82, 2.24) is 5.32 Å². The molecule has 0 aromatic heterocycles. The zero-order valence-electron chi connectivity index (χ0n) is 12.4. The maximum atomic E-state index is 3.43. The average Bonchev–Trinajstić information content (AvgIpc) is 2.37. The monoisotopic (exact) mass is 248 g/mol. The molecule has 0 aliphatic rings. The van der Waals surface area contributed by atoms with Gasteiger partial charge in [-0.2, -0.15) is 0 Å². The third-order valence-corrected chi connectivity index (χ3v) is 3.02. The maximum Gasteiger partial charge on any atom is 0.0366 e. The van der Waals surface area contributed by atoms with Crippen molar-refractivity contribution in [1.29, 1.82) is 0 Å². The number of hydrogen-bond acceptors (Lipinski definition) is 2. The summed E-state index contributed by atoms with van der Waals surface area (Å²) in [5.74, 6) is 0.704. The highest BCUT2D eigenvalue weighted by atomic mass is 15.1. The van der Waals surface area contributed by atoms with E-state index in [0.717, 1.165) is 26.2 Å². The van der Waals surface area contributed by atoms with Gasteiger partial charge in [0.15, 0.2) is 0 Å². The molecule has 0 heterocycles. The van der Waals surface area contributed by atoms with Crippen LogP contribution >= 0.6 is 0 Å². The van der Waals surface area contributed by atoms with Crippen molar-refractivity contribution in [3.05, 3.63) is 29.8 Å². The summed E-state index contributed by atoms with van der Waals surface area (Å²) in [6, 6.07) is 8.96. The molecule has 0 unspecified atom stereocenters. The molecular formula is C16H28N2. The second-order valence-corrected chi connectivity index (χ2v) is 5.28. The van der Waals surface area contributed by atoms with E-state index >= 15 is 0 Å². The van der Waals surface area contributed by atoms with Crippen LogP contribution in [0.15, 0.2) is 24.3 Å². The van der Waals surface area contributed by atoms with Gasteiger partial charge in [-0.25, -0.2) is 0 Å². The molecule has 0 atom stereocenters. The van der Waals surface area contributed by atoms with Gasteiger partial charge in [0.25, 0.3) is 0 Å². The first-order valence-corrected chi connectivity index (χ1v) is 7.22. The van der Waals surface area contributed by atoms with E-state index in [9.17, 15) is 0 Å². The summed E-state index contributed by atoms with van der Waals surface area (Å²) >= 11 is 0. The average molecular weight is 248 g/mol. The lowest BCUT2D eigenvalue weighted by Gasteiger charge is -2.25. The van der Waals surface area contributed by atoms with Gasteiger partial charge in [-0.05, 0) is 43.5 Å². The molecule has 0 aliphatic heterocycles. The summed E-state index contributed by atoms with van der Waals surface area (Å²) in [7, 11) is 0. The Balaban J connectivity index is 2.57. The summed E-state index contributed by atoms with van der Waals surface area (Å²) in [6.07, 6.45) is 1.19. The predicted octanol–water partition coefficient (Wildman–Crippen LogP) is 3.67. The highest BCUT2D eigenvalue weighted by Crippen LogP contribution is 2.16. The van der Waals surface area contributed by atoms with Gasteiger partial charge in [-0.15, -0.1) is 0 Å². The molecule has 0 saturated heterocycles. The molecule has 0 amide bonds. The molecule has 0 spiro atoms. The SMILES string of the molecule is CCCNCc1ccc(N(CC)CC(C)C)cc1. The van der Waals surface area contributed by atoms with E-state index < -0.39 is 0 Å². The van der Waals surface area contributed by atoms with Crippen LogP contribution in [-0.2, 0) is 6.54 Å². The van der Waals surface area contributed by atoms with Gasteiger partial charge in [0.05, 0.1) is 0 Å². The van der Waals surface area contributed by atoms with Crippen LogP contribution in [0, 0.1) is 5.92 Å². The normalized spacial score (nSPS) is 10.9. The molecule has 0 aliphatic carbocycles. The zero-order chi connectivity index (χ0) is 13.4. The van der Waals surface area contributed by atoms with Crippen LogP contribution < -0.4 is 10.2 Å². The summed E-state index contributed by atoms with van der Waals surface area (Å²) in [5, 5.41) is 3.43. The Kier molecular flexibility index (Phi) is 6.81. The third kappa shape index (κ3) is 5.09. The molecule has 1 N–H and O–H groups in total. The second kappa shape index (κ2) is 8.15. The van der Waals surface area contributed by atoms with Crippen LogP contribution in [0.4, 0.5) is 5.69 Å². The Morgan fingerprint density at radius 2 is 1.78 bits per heavy atom. The summed E-state index contributed by atoms with van der Waals surface area (Å²) in [5.41, 5.74) is 2.71. The van der Waals surface area contributed by atoms with E-state index in [4.69, 9.17) is 0 Å². The van der Waals surface area contributed by atoms with Crippen LogP contribution in [0.2, 0.25) is 0 Å². The van der Waals surface area contributed by atoms with E-state index in [1.54, 1.807) is 0 Å². The molecule has 1 rings (SSSR count). The van der Waals surface area contributed by atoms with Crippen molar-refractivity contribution < 1.29 is 0 Å². The molecule has 0 saturated carbocycles. The Bertz CT molecular complexity index is 316. The number of anilines is 1. The van der Waals surface area contributed by atoms with Crippen molar-refractivity contribution in [3.63, 3.8) is 0 Å². The van der Waals surface area contributed by atoms with Crippen LogP contribution in [-0.4, -0.2) is 19.6 Å². The molecule has 18 heavy (non-hydrogen) atoms. The Hall–Kier alpha value is -1.02. The van der Waals surface area contributed by atoms with Crippen molar-refractivity contribution in [2.75, 3.05) is 24.5 Å². The van der Waals surface area contributed by atoms with E-state index in [1.807, 2.05) is 0 Å². The van der Waals surface area contributed by atoms with Gasteiger partial charge in [-0.1, -0.05) is 32.9 Å². The lowest BCUT2D eigenvalue weighted by Crippen LogP contribution is -2.27. The molecule has 0 radical (unpaired) electrons. The van der Waals surface area contributed by atoms with E-state index in [0.29, 0.717) is 5.92 Å². The van der Waals surface area contributed by atoms with Gasteiger partial charge in [0.2, 0.25) is 0 Å². The number of nitrogens with one attached hydrogen (secondary N) is 1. The molecular weight excluding hydrogens is 220 g/mol.